The van der Waals surface area contributed by atoms with Crippen molar-refractivity contribution in [3.05, 3.63) is 35.9 Å². The molecule has 0 aliphatic heterocycles. The van der Waals surface area contributed by atoms with Crippen LogP contribution >= 0.6 is 0 Å². The Bertz CT molecular complexity index is 448. The van der Waals surface area contributed by atoms with Crippen molar-refractivity contribution in [1.82, 2.24) is 5.32 Å². The molecule has 1 aliphatic rings. The van der Waals surface area contributed by atoms with E-state index in [1.807, 2.05) is 30.3 Å². The lowest BCUT2D eigenvalue weighted by atomic mass is 9.96. The highest BCUT2D eigenvalue weighted by Crippen LogP contribution is 2.20. The molecule has 116 valence electrons. The van der Waals surface area contributed by atoms with E-state index >= 15 is 0 Å². The summed E-state index contributed by atoms with van der Waals surface area (Å²) in [5, 5.41) is 13.8. The van der Waals surface area contributed by atoms with Crippen LogP contribution in [0.4, 0.5) is 0 Å². The van der Waals surface area contributed by atoms with Crippen LogP contribution in [-0.4, -0.2) is 23.7 Å². The number of hydrogen-bond acceptors (Lipinski definition) is 2. The molecule has 0 spiro atoms. The number of nitrogens with two attached hydrogens (primary N) is 1. The van der Waals surface area contributed by atoms with Crippen LogP contribution in [0.1, 0.15) is 51.0 Å². The fourth-order valence-electron chi connectivity index (χ4n) is 2.81. The highest BCUT2D eigenvalue weighted by atomic mass is 16.3. The van der Waals surface area contributed by atoms with Gasteiger partial charge in [0.2, 0.25) is 0 Å². The van der Waals surface area contributed by atoms with Gasteiger partial charge >= 0.3 is 0 Å². The minimum absolute atomic E-state index is 0.266. The van der Waals surface area contributed by atoms with Crippen molar-refractivity contribution < 1.29 is 5.11 Å². The van der Waals surface area contributed by atoms with Crippen molar-refractivity contribution in [2.24, 2.45) is 10.7 Å². The summed E-state index contributed by atoms with van der Waals surface area (Å²) in [6, 6.07) is 10.0. The molecule has 21 heavy (non-hydrogen) atoms. The number of nitrogens with one attached hydrogen (secondary N) is 1. The highest BCUT2D eigenvalue weighted by Gasteiger charge is 2.22. The Morgan fingerprint density at radius 3 is 2.48 bits per heavy atom. The van der Waals surface area contributed by atoms with Gasteiger partial charge in [-0.3, -0.25) is 4.99 Å². The summed E-state index contributed by atoms with van der Waals surface area (Å²) in [7, 11) is 0. The molecule has 1 fully saturated rings. The number of guanidine groups is 1. The van der Waals surface area contributed by atoms with Gasteiger partial charge in [-0.1, -0.05) is 56.0 Å². The fraction of sp³-hybridized carbons (Fsp3) is 0.588. The van der Waals surface area contributed by atoms with Crippen molar-refractivity contribution in [3.63, 3.8) is 0 Å². The normalized spacial score (nSPS) is 20.6. The first-order chi connectivity index (χ1) is 10.1. The number of benzene rings is 1. The molecule has 1 aromatic rings. The molecule has 0 saturated heterocycles. The highest BCUT2D eigenvalue weighted by molar-refractivity contribution is 5.78. The molecule has 1 aliphatic carbocycles. The minimum atomic E-state index is -0.989. The maximum Gasteiger partial charge on any atom is 0.188 e. The molecule has 0 amide bonds. The summed E-state index contributed by atoms with van der Waals surface area (Å²) < 4.78 is 0. The Labute approximate surface area is 127 Å². The number of rotatable bonds is 4. The molecule has 0 bridgehead atoms. The first kappa shape index (κ1) is 15.8. The summed E-state index contributed by atoms with van der Waals surface area (Å²) in [6.45, 7) is 2.04. The van der Waals surface area contributed by atoms with E-state index in [2.05, 4.69) is 10.3 Å². The van der Waals surface area contributed by atoms with Crippen molar-refractivity contribution in [2.45, 2.75) is 57.1 Å². The van der Waals surface area contributed by atoms with Gasteiger partial charge in [-0.2, -0.15) is 0 Å². The average Bonchev–Trinajstić information content (AvgIpc) is 2.75. The molecule has 1 unspecified atom stereocenters. The van der Waals surface area contributed by atoms with E-state index in [9.17, 15) is 5.11 Å². The Balaban J connectivity index is 1.90. The van der Waals surface area contributed by atoms with Crippen LogP contribution in [-0.2, 0) is 5.60 Å². The van der Waals surface area contributed by atoms with Gasteiger partial charge in [-0.15, -0.1) is 0 Å². The Kier molecular flexibility index (Phi) is 5.62. The van der Waals surface area contributed by atoms with Crippen molar-refractivity contribution in [2.75, 3.05) is 6.54 Å². The number of nitrogens with zero attached hydrogens (tertiary/aromatic N) is 1. The zero-order chi connectivity index (χ0) is 15.1. The van der Waals surface area contributed by atoms with Gasteiger partial charge < -0.3 is 16.2 Å². The van der Waals surface area contributed by atoms with Gasteiger partial charge in [0.25, 0.3) is 0 Å². The van der Waals surface area contributed by atoms with E-state index < -0.39 is 5.60 Å². The number of aliphatic imine (C=N–C) groups is 1. The lowest BCUT2D eigenvalue weighted by Crippen LogP contribution is -2.40. The molecule has 0 radical (unpaired) electrons. The summed E-state index contributed by atoms with van der Waals surface area (Å²) in [4.78, 5) is 4.33. The lowest BCUT2D eigenvalue weighted by molar-refractivity contribution is 0.0673. The maximum atomic E-state index is 10.5. The molecule has 0 aromatic heterocycles. The lowest BCUT2D eigenvalue weighted by Gasteiger charge is -2.23. The number of hydrogen-bond donors (Lipinski definition) is 3. The van der Waals surface area contributed by atoms with Crippen LogP contribution in [0.2, 0.25) is 0 Å². The second-order valence-corrected chi connectivity index (χ2v) is 6.17. The third kappa shape index (κ3) is 5.05. The molecule has 1 saturated carbocycles. The second-order valence-electron chi connectivity index (χ2n) is 6.17. The zero-order valence-electron chi connectivity index (χ0n) is 12.9. The van der Waals surface area contributed by atoms with E-state index in [0.29, 0.717) is 12.0 Å². The average molecular weight is 289 g/mol. The predicted octanol–water partition coefficient (Wildman–Crippen LogP) is 2.52. The van der Waals surface area contributed by atoms with Crippen molar-refractivity contribution >= 4 is 5.96 Å². The van der Waals surface area contributed by atoms with Gasteiger partial charge in [-0.25, -0.2) is 0 Å². The Hall–Kier alpha value is -1.55. The Morgan fingerprint density at radius 1 is 1.24 bits per heavy atom. The fourth-order valence-corrected chi connectivity index (χ4v) is 2.81. The summed E-state index contributed by atoms with van der Waals surface area (Å²) in [5.41, 5.74) is 5.84. The van der Waals surface area contributed by atoms with Crippen LogP contribution in [0.25, 0.3) is 0 Å². The largest absolute Gasteiger partial charge is 0.384 e. The van der Waals surface area contributed by atoms with Crippen LogP contribution in [0.3, 0.4) is 0 Å². The zero-order valence-corrected chi connectivity index (χ0v) is 12.9. The van der Waals surface area contributed by atoms with Crippen molar-refractivity contribution in [1.29, 1.82) is 0 Å². The first-order valence-electron chi connectivity index (χ1n) is 7.92. The van der Waals surface area contributed by atoms with Crippen LogP contribution in [0.15, 0.2) is 35.3 Å². The van der Waals surface area contributed by atoms with Crippen molar-refractivity contribution in [3.8, 4) is 0 Å². The summed E-state index contributed by atoms with van der Waals surface area (Å²) >= 11 is 0. The molecule has 4 N–H and O–H groups in total. The summed E-state index contributed by atoms with van der Waals surface area (Å²) in [6.07, 6.45) is 7.46. The van der Waals surface area contributed by atoms with Crippen LogP contribution in [0, 0.1) is 0 Å². The Morgan fingerprint density at radius 2 is 1.86 bits per heavy atom. The SMILES string of the molecule is CC(O)(CN=C(N)NC1CCCCCC1)c1ccccc1. The van der Waals surface area contributed by atoms with E-state index in [4.69, 9.17) is 5.73 Å². The molecular formula is C17H27N3O. The second kappa shape index (κ2) is 7.46. The van der Waals surface area contributed by atoms with Gasteiger partial charge in [0.05, 0.1) is 6.54 Å². The maximum absolute atomic E-state index is 10.5. The van der Waals surface area contributed by atoms with E-state index in [0.717, 1.165) is 18.4 Å². The third-order valence-electron chi connectivity index (χ3n) is 4.16. The molecule has 0 heterocycles. The van der Waals surface area contributed by atoms with E-state index in [1.165, 1.54) is 25.7 Å². The topological polar surface area (TPSA) is 70.6 Å². The van der Waals surface area contributed by atoms with Gasteiger partial charge in [0.1, 0.15) is 5.60 Å². The third-order valence-corrected chi connectivity index (χ3v) is 4.16. The number of aliphatic hydroxyl groups is 1. The monoisotopic (exact) mass is 289 g/mol. The van der Waals surface area contributed by atoms with Crippen LogP contribution in [0.5, 0.6) is 0 Å². The van der Waals surface area contributed by atoms with Gasteiger partial charge in [0.15, 0.2) is 5.96 Å². The van der Waals surface area contributed by atoms with Gasteiger partial charge in [-0.05, 0) is 25.3 Å². The molecular weight excluding hydrogens is 262 g/mol. The molecule has 4 heteroatoms. The molecule has 1 atom stereocenters. The standard InChI is InChI=1S/C17H27N3O/c1-17(21,14-9-5-4-6-10-14)13-19-16(18)20-15-11-7-2-3-8-12-15/h4-6,9-10,15,21H,2-3,7-8,11-13H2,1H3,(H3,18,19,20). The predicted molar refractivity (Wildman–Crippen MR) is 87.1 cm³/mol. The molecule has 2 rings (SSSR count). The quantitative estimate of drug-likeness (QED) is 0.453. The van der Waals surface area contributed by atoms with E-state index in [-0.39, 0.29) is 6.54 Å². The summed E-state index contributed by atoms with van der Waals surface area (Å²) in [5.74, 6) is 0.443. The van der Waals surface area contributed by atoms with Crippen LogP contribution < -0.4 is 11.1 Å². The molecule has 1 aromatic carbocycles. The first-order valence-corrected chi connectivity index (χ1v) is 7.92. The van der Waals surface area contributed by atoms with E-state index in [1.54, 1.807) is 6.92 Å². The minimum Gasteiger partial charge on any atom is -0.384 e. The smallest absolute Gasteiger partial charge is 0.188 e. The van der Waals surface area contributed by atoms with Gasteiger partial charge in [0, 0.05) is 6.04 Å². The molecule has 4 nitrogen and oxygen atoms in total.